The molecule has 3 saturated heterocycles. The minimum absolute atomic E-state index is 0. The van der Waals surface area contributed by atoms with Crippen molar-refractivity contribution in [2.24, 2.45) is 18.7 Å². The van der Waals surface area contributed by atoms with E-state index in [1.807, 2.05) is 23.9 Å². The van der Waals surface area contributed by atoms with Crippen molar-refractivity contribution >= 4 is 51.1 Å². The summed E-state index contributed by atoms with van der Waals surface area (Å²) < 4.78 is 29.5. The van der Waals surface area contributed by atoms with Crippen molar-refractivity contribution in [3.05, 3.63) is 53.6 Å². The number of carbonyl (C=O) groups is 2. The topological polar surface area (TPSA) is 134 Å². The van der Waals surface area contributed by atoms with Crippen LogP contribution in [-0.4, -0.2) is 84.7 Å². The van der Waals surface area contributed by atoms with Gasteiger partial charge in [-0.15, -0.1) is 12.4 Å². The molecule has 45 heavy (non-hydrogen) atoms. The average Bonchev–Trinajstić information content (AvgIpc) is 3.33. The van der Waals surface area contributed by atoms with E-state index in [1.54, 1.807) is 21.3 Å². The van der Waals surface area contributed by atoms with Gasteiger partial charge in [0.25, 0.3) is 0 Å². The van der Waals surface area contributed by atoms with E-state index < -0.39 is 16.1 Å². The maximum atomic E-state index is 13.0. The van der Waals surface area contributed by atoms with E-state index in [4.69, 9.17) is 5.73 Å². The molecule has 0 bridgehead atoms. The lowest BCUT2D eigenvalue weighted by Gasteiger charge is -2.34. The minimum Gasteiger partial charge on any atom is -0.328 e. The van der Waals surface area contributed by atoms with Crippen molar-refractivity contribution in [1.82, 2.24) is 24.3 Å². The number of aryl methyl sites for hydroxylation is 1. The van der Waals surface area contributed by atoms with E-state index in [9.17, 15) is 18.0 Å². The molecule has 3 fully saturated rings. The van der Waals surface area contributed by atoms with Crippen LogP contribution in [0.1, 0.15) is 56.1 Å². The number of piperidine rings is 2. The van der Waals surface area contributed by atoms with Crippen molar-refractivity contribution in [2.75, 3.05) is 44.2 Å². The van der Waals surface area contributed by atoms with Gasteiger partial charge in [0.15, 0.2) is 5.82 Å². The molecule has 1 aromatic heterocycles. The summed E-state index contributed by atoms with van der Waals surface area (Å²) in [6.45, 7) is 6.63. The molecule has 0 spiro atoms. The zero-order chi connectivity index (χ0) is 31.0. The number of imide groups is 1. The van der Waals surface area contributed by atoms with Gasteiger partial charge < -0.3 is 10.6 Å². The van der Waals surface area contributed by atoms with Gasteiger partial charge in [0.1, 0.15) is 0 Å². The number of halogens is 1. The summed E-state index contributed by atoms with van der Waals surface area (Å²) in [5.41, 5.74) is 9.38. The van der Waals surface area contributed by atoms with Crippen LogP contribution < -0.4 is 16.0 Å². The van der Waals surface area contributed by atoms with Crippen LogP contribution in [0.3, 0.4) is 0 Å². The van der Waals surface area contributed by atoms with Crippen LogP contribution in [0.25, 0.3) is 10.9 Å². The lowest BCUT2D eigenvalue weighted by atomic mass is 9.88. The fourth-order valence-electron chi connectivity index (χ4n) is 6.89. The standard InChI is InChI=1S/C32H43N7O4S.ClH/c1-22(19-23-3-6-27(7-4-23)44(42,43)38-16-11-26(33)12-17-38)21-37-14-9-24(10-15-37)25-5-8-28-29(20-25)36(2)35-31(28)39-18-13-30(40)34-32(39)41;/h3-8,20,22,24,26H,9-19,21,33H2,1-2H3,(H,34,40,41);1H. The van der Waals surface area contributed by atoms with Crippen molar-refractivity contribution < 1.29 is 18.0 Å². The Morgan fingerprint density at radius 2 is 1.67 bits per heavy atom. The van der Waals surface area contributed by atoms with E-state index in [0.717, 1.165) is 55.4 Å². The monoisotopic (exact) mass is 657 g/mol. The van der Waals surface area contributed by atoms with Gasteiger partial charge in [-0.3, -0.25) is 19.7 Å². The van der Waals surface area contributed by atoms with Gasteiger partial charge in [-0.05, 0) is 92.4 Å². The van der Waals surface area contributed by atoms with Crippen LogP contribution >= 0.6 is 12.4 Å². The van der Waals surface area contributed by atoms with Crippen LogP contribution in [0.15, 0.2) is 47.4 Å². The maximum absolute atomic E-state index is 13.0. The normalized spacial score (nSPS) is 20.3. The number of nitrogens with two attached hydrogens (primary N) is 1. The van der Waals surface area contributed by atoms with Gasteiger partial charge >= 0.3 is 6.03 Å². The van der Waals surface area contributed by atoms with Crippen molar-refractivity contribution in [3.63, 3.8) is 0 Å². The third-order valence-electron chi connectivity index (χ3n) is 9.44. The second-order valence-corrected chi connectivity index (χ2v) is 14.7. The number of hydrogen-bond donors (Lipinski definition) is 2. The van der Waals surface area contributed by atoms with E-state index in [0.29, 0.717) is 55.0 Å². The molecule has 3 aromatic rings. The first-order valence-electron chi connectivity index (χ1n) is 15.7. The first kappa shape index (κ1) is 33.3. The fourth-order valence-corrected chi connectivity index (χ4v) is 8.36. The number of hydrogen-bond acceptors (Lipinski definition) is 7. The molecule has 3 aliphatic rings. The highest BCUT2D eigenvalue weighted by molar-refractivity contribution is 7.89. The lowest BCUT2D eigenvalue weighted by Crippen LogP contribution is -2.49. The molecule has 3 aliphatic heterocycles. The number of nitrogens with one attached hydrogen (secondary N) is 1. The second-order valence-electron chi connectivity index (χ2n) is 12.7. The Morgan fingerprint density at radius 1 is 0.978 bits per heavy atom. The molecule has 1 unspecified atom stereocenters. The molecule has 4 heterocycles. The van der Waals surface area contributed by atoms with Crippen LogP contribution in [0.5, 0.6) is 0 Å². The van der Waals surface area contributed by atoms with E-state index in [2.05, 4.69) is 40.4 Å². The Bertz CT molecular complexity index is 1630. The van der Waals surface area contributed by atoms with Gasteiger partial charge in [0.2, 0.25) is 15.9 Å². The van der Waals surface area contributed by atoms with E-state index in [1.165, 1.54) is 5.56 Å². The molecule has 3 N–H and O–H groups in total. The summed E-state index contributed by atoms with van der Waals surface area (Å²) >= 11 is 0. The number of likely N-dealkylation sites (tertiary alicyclic amines) is 1. The summed E-state index contributed by atoms with van der Waals surface area (Å²) in [4.78, 5) is 28.4. The number of aromatic nitrogens is 2. The van der Waals surface area contributed by atoms with Gasteiger partial charge in [0.05, 0.1) is 10.4 Å². The third kappa shape index (κ3) is 7.20. The number of nitrogens with zero attached hydrogens (tertiary/aromatic N) is 5. The van der Waals surface area contributed by atoms with Crippen molar-refractivity contribution in [3.8, 4) is 0 Å². The number of sulfonamides is 1. The average molecular weight is 658 g/mol. The highest BCUT2D eigenvalue weighted by Gasteiger charge is 2.30. The number of urea groups is 1. The first-order chi connectivity index (χ1) is 21.1. The third-order valence-corrected chi connectivity index (χ3v) is 11.4. The molecule has 0 saturated carbocycles. The molecule has 0 radical (unpaired) electrons. The molecule has 11 nitrogen and oxygen atoms in total. The molecular formula is C32H44ClN7O4S. The van der Waals surface area contributed by atoms with Crippen LogP contribution in [0.2, 0.25) is 0 Å². The minimum atomic E-state index is -3.47. The zero-order valence-corrected chi connectivity index (χ0v) is 27.7. The number of rotatable bonds is 8. The van der Waals surface area contributed by atoms with Crippen molar-refractivity contribution in [2.45, 2.75) is 62.3 Å². The predicted molar refractivity (Wildman–Crippen MR) is 177 cm³/mol. The summed E-state index contributed by atoms with van der Waals surface area (Å²) in [6, 6.07) is 13.5. The zero-order valence-electron chi connectivity index (χ0n) is 26.0. The maximum Gasteiger partial charge on any atom is 0.329 e. The van der Waals surface area contributed by atoms with Crippen LogP contribution in [0, 0.1) is 5.92 Å². The van der Waals surface area contributed by atoms with Gasteiger partial charge in [0, 0.05) is 51.1 Å². The van der Waals surface area contributed by atoms with Gasteiger partial charge in [-0.2, -0.15) is 9.40 Å². The number of fused-ring (bicyclic) bond motifs is 1. The molecule has 6 rings (SSSR count). The van der Waals surface area contributed by atoms with E-state index >= 15 is 0 Å². The fraction of sp³-hybridized carbons (Fsp3) is 0.531. The molecule has 2 aromatic carbocycles. The Morgan fingerprint density at radius 3 is 2.33 bits per heavy atom. The second kappa shape index (κ2) is 13.8. The highest BCUT2D eigenvalue weighted by atomic mass is 35.5. The lowest BCUT2D eigenvalue weighted by molar-refractivity contribution is -0.120. The smallest absolute Gasteiger partial charge is 0.328 e. The Kier molecular flexibility index (Phi) is 10.2. The molecular weight excluding hydrogens is 614 g/mol. The number of anilines is 1. The SMILES string of the molecule is CC(Cc1ccc(S(=O)(=O)N2CCC(N)CC2)cc1)CN1CCC(c2ccc3c(N4CCC(=O)NC4=O)nn(C)c3c2)CC1.Cl. The van der Waals surface area contributed by atoms with Crippen LogP contribution in [0.4, 0.5) is 10.6 Å². The van der Waals surface area contributed by atoms with Crippen LogP contribution in [-0.2, 0) is 28.3 Å². The number of benzene rings is 2. The highest BCUT2D eigenvalue weighted by Crippen LogP contribution is 2.34. The molecule has 3 amide bonds. The van der Waals surface area contributed by atoms with Crippen molar-refractivity contribution in [1.29, 1.82) is 0 Å². The van der Waals surface area contributed by atoms with Gasteiger partial charge in [-0.25, -0.2) is 13.2 Å². The largest absolute Gasteiger partial charge is 0.329 e. The summed E-state index contributed by atoms with van der Waals surface area (Å²) in [5, 5.41) is 7.91. The Balaban J connectivity index is 0.00000400. The molecule has 0 aliphatic carbocycles. The molecule has 1 atom stereocenters. The molecule has 244 valence electrons. The summed E-state index contributed by atoms with van der Waals surface area (Å²) in [6.07, 6.45) is 4.74. The molecule has 13 heteroatoms. The number of carbonyl (C=O) groups excluding carboxylic acids is 2. The predicted octanol–water partition coefficient (Wildman–Crippen LogP) is 3.61. The number of amides is 3. The summed E-state index contributed by atoms with van der Waals surface area (Å²) in [7, 11) is -1.58. The quantitative estimate of drug-likeness (QED) is 0.378. The Labute approximate surface area is 271 Å². The summed E-state index contributed by atoms with van der Waals surface area (Å²) in [5.74, 6) is 1.25. The van der Waals surface area contributed by atoms with Gasteiger partial charge in [-0.1, -0.05) is 25.1 Å². The first-order valence-corrected chi connectivity index (χ1v) is 17.2. The Hall–Kier alpha value is -3.03. The van der Waals surface area contributed by atoms with E-state index in [-0.39, 0.29) is 30.8 Å².